The number of nitrogens with zero attached hydrogens (tertiary/aromatic N) is 3. The number of carbonyl (C=O) groups excluding carboxylic acids is 1. The molecule has 8 heteroatoms. The molecule has 0 aromatic heterocycles. The molecule has 2 N–H and O–H groups in total. The number of hydrogen-bond acceptors (Lipinski definition) is 5. The first-order valence-electron chi connectivity index (χ1n) is 11.4. The summed E-state index contributed by atoms with van der Waals surface area (Å²) < 4.78 is 11.7. The van der Waals surface area contributed by atoms with Crippen molar-refractivity contribution in [3.63, 3.8) is 0 Å². The minimum Gasteiger partial charge on any atom is -0.444 e. The van der Waals surface area contributed by atoms with Gasteiger partial charge in [0, 0.05) is 26.2 Å². The Hall–Kier alpha value is -1.54. The summed E-state index contributed by atoms with van der Waals surface area (Å²) in [6.45, 7) is 21.3. The molecule has 2 heterocycles. The summed E-state index contributed by atoms with van der Waals surface area (Å²) in [6.07, 6.45) is 0.734. The second-order valence-corrected chi connectivity index (χ2v) is 9.84. The predicted molar refractivity (Wildman–Crippen MR) is 121 cm³/mol. The molecule has 30 heavy (non-hydrogen) atoms. The SMILES string of the molecule is CCNC(=NCC1CCN(CC)C1)NCC1C(C)OC(C)(C)N1C(=O)OC(C)(C)C. The van der Waals surface area contributed by atoms with Gasteiger partial charge in [-0.2, -0.15) is 0 Å². The zero-order valence-corrected chi connectivity index (χ0v) is 20.2. The second kappa shape index (κ2) is 10.2. The molecular weight excluding hydrogens is 382 g/mol. The molecule has 3 atom stereocenters. The number of aliphatic imine (C=N–C) groups is 1. The van der Waals surface area contributed by atoms with E-state index < -0.39 is 11.3 Å². The highest BCUT2D eigenvalue weighted by Gasteiger charge is 2.49. The van der Waals surface area contributed by atoms with Crippen LogP contribution < -0.4 is 10.6 Å². The Morgan fingerprint density at radius 3 is 2.53 bits per heavy atom. The van der Waals surface area contributed by atoms with Gasteiger partial charge in [-0.25, -0.2) is 4.79 Å². The molecule has 3 unspecified atom stereocenters. The third-order valence-corrected chi connectivity index (χ3v) is 5.67. The van der Waals surface area contributed by atoms with E-state index in [0.29, 0.717) is 12.5 Å². The summed E-state index contributed by atoms with van der Waals surface area (Å²) in [5, 5.41) is 6.75. The maximum Gasteiger partial charge on any atom is 0.412 e. The van der Waals surface area contributed by atoms with Crippen molar-refractivity contribution in [1.29, 1.82) is 0 Å². The highest BCUT2D eigenvalue weighted by Crippen LogP contribution is 2.33. The Bertz CT molecular complexity index is 602. The van der Waals surface area contributed by atoms with Crippen LogP contribution in [0, 0.1) is 5.92 Å². The van der Waals surface area contributed by atoms with Crippen LogP contribution in [0.3, 0.4) is 0 Å². The van der Waals surface area contributed by atoms with E-state index >= 15 is 0 Å². The van der Waals surface area contributed by atoms with E-state index in [0.717, 1.165) is 38.7 Å². The number of carbonyl (C=O) groups is 1. The van der Waals surface area contributed by atoms with E-state index in [1.54, 1.807) is 4.90 Å². The van der Waals surface area contributed by atoms with Crippen molar-refractivity contribution in [3.8, 4) is 0 Å². The van der Waals surface area contributed by atoms with Gasteiger partial charge in [0.15, 0.2) is 5.96 Å². The monoisotopic (exact) mass is 425 g/mol. The molecule has 2 saturated heterocycles. The maximum absolute atomic E-state index is 12.9. The van der Waals surface area contributed by atoms with Crippen molar-refractivity contribution in [1.82, 2.24) is 20.4 Å². The summed E-state index contributed by atoms with van der Waals surface area (Å²) in [5.41, 5.74) is -1.28. The first-order chi connectivity index (χ1) is 14.0. The van der Waals surface area contributed by atoms with Gasteiger partial charge in [0.1, 0.15) is 11.3 Å². The van der Waals surface area contributed by atoms with Gasteiger partial charge in [-0.05, 0) is 73.9 Å². The minimum absolute atomic E-state index is 0.115. The molecular formula is C22H43N5O3. The van der Waals surface area contributed by atoms with E-state index in [1.807, 2.05) is 41.5 Å². The Labute approximate surface area is 182 Å². The molecule has 0 spiro atoms. The first kappa shape index (κ1) is 24.7. The van der Waals surface area contributed by atoms with Crippen LogP contribution in [0.25, 0.3) is 0 Å². The van der Waals surface area contributed by atoms with Gasteiger partial charge in [0.05, 0.1) is 12.1 Å². The molecule has 2 fully saturated rings. The van der Waals surface area contributed by atoms with Crippen LogP contribution in [0.2, 0.25) is 0 Å². The number of amides is 1. The minimum atomic E-state index is -0.725. The number of guanidine groups is 1. The smallest absolute Gasteiger partial charge is 0.412 e. The third kappa shape index (κ3) is 6.74. The normalized spacial score (nSPS) is 27.4. The van der Waals surface area contributed by atoms with Gasteiger partial charge < -0.3 is 25.0 Å². The highest BCUT2D eigenvalue weighted by molar-refractivity contribution is 5.80. The van der Waals surface area contributed by atoms with E-state index in [4.69, 9.17) is 14.5 Å². The quantitative estimate of drug-likeness (QED) is 0.503. The lowest BCUT2D eigenvalue weighted by Crippen LogP contribution is -2.54. The van der Waals surface area contributed by atoms with E-state index in [1.165, 1.54) is 6.42 Å². The van der Waals surface area contributed by atoms with E-state index in [9.17, 15) is 4.79 Å². The highest BCUT2D eigenvalue weighted by atomic mass is 16.6. The Balaban J connectivity index is 2.03. The van der Waals surface area contributed by atoms with E-state index in [2.05, 4.69) is 29.4 Å². The molecule has 0 aromatic rings. The summed E-state index contributed by atoms with van der Waals surface area (Å²) in [5.74, 6) is 1.39. The molecule has 1 amide bonds. The number of ether oxygens (including phenoxy) is 2. The molecule has 0 saturated carbocycles. The van der Waals surface area contributed by atoms with Crippen LogP contribution in [0.4, 0.5) is 4.79 Å². The molecule has 174 valence electrons. The van der Waals surface area contributed by atoms with Gasteiger partial charge in [-0.1, -0.05) is 6.92 Å². The molecule has 0 aromatic carbocycles. The van der Waals surface area contributed by atoms with Gasteiger partial charge in [0.2, 0.25) is 0 Å². The molecule has 8 nitrogen and oxygen atoms in total. The van der Waals surface area contributed by atoms with Crippen molar-refractivity contribution >= 4 is 12.1 Å². The van der Waals surface area contributed by atoms with Crippen molar-refractivity contribution in [2.24, 2.45) is 10.9 Å². The third-order valence-electron chi connectivity index (χ3n) is 5.67. The van der Waals surface area contributed by atoms with Crippen molar-refractivity contribution in [3.05, 3.63) is 0 Å². The summed E-state index contributed by atoms with van der Waals surface area (Å²) >= 11 is 0. The van der Waals surface area contributed by atoms with Crippen LogP contribution in [0.5, 0.6) is 0 Å². The average molecular weight is 426 g/mol. The Morgan fingerprint density at radius 1 is 1.27 bits per heavy atom. The van der Waals surface area contributed by atoms with Crippen LogP contribution >= 0.6 is 0 Å². The van der Waals surface area contributed by atoms with Gasteiger partial charge in [0.25, 0.3) is 0 Å². The fourth-order valence-electron chi connectivity index (χ4n) is 4.24. The van der Waals surface area contributed by atoms with Gasteiger partial charge >= 0.3 is 6.09 Å². The predicted octanol–water partition coefficient (Wildman–Crippen LogP) is 2.64. The fraction of sp³-hybridized carbons (Fsp3) is 0.909. The number of likely N-dealkylation sites (tertiary alicyclic amines) is 1. The molecule has 0 bridgehead atoms. The van der Waals surface area contributed by atoms with Crippen molar-refractivity contribution in [2.75, 3.05) is 39.3 Å². The standard InChI is InChI=1S/C22H43N5O3/c1-9-23-19(24-13-17-11-12-26(10-2)15-17)25-14-18-16(3)29-22(7,8)27(18)20(28)30-21(4,5)6/h16-18H,9-15H2,1-8H3,(H2,23,24,25). The Kier molecular flexibility index (Phi) is 8.39. The topological polar surface area (TPSA) is 78.4 Å². The maximum atomic E-state index is 12.9. The molecule has 2 rings (SSSR count). The lowest BCUT2D eigenvalue weighted by atomic mass is 10.1. The fourth-order valence-corrected chi connectivity index (χ4v) is 4.24. The average Bonchev–Trinajstić information content (AvgIpc) is 3.16. The van der Waals surface area contributed by atoms with Crippen molar-refractivity contribution in [2.45, 2.75) is 85.3 Å². The van der Waals surface area contributed by atoms with Crippen LogP contribution in [0.15, 0.2) is 4.99 Å². The number of nitrogens with one attached hydrogen (secondary N) is 2. The lowest BCUT2D eigenvalue weighted by molar-refractivity contribution is -0.0755. The zero-order chi connectivity index (χ0) is 22.5. The van der Waals surface area contributed by atoms with Gasteiger partial charge in [-0.3, -0.25) is 9.89 Å². The summed E-state index contributed by atoms with van der Waals surface area (Å²) in [4.78, 5) is 21.9. The van der Waals surface area contributed by atoms with E-state index in [-0.39, 0.29) is 18.2 Å². The molecule has 2 aliphatic rings. The Morgan fingerprint density at radius 2 is 1.97 bits per heavy atom. The van der Waals surface area contributed by atoms with Crippen LogP contribution in [-0.4, -0.2) is 84.6 Å². The lowest BCUT2D eigenvalue weighted by Gasteiger charge is -2.35. The second-order valence-electron chi connectivity index (χ2n) is 9.84. The molecule has 2 aliphatic heterocycles. The number of rotatable bonds is 6. The van der Waals surface area contributed by atoms with Crippen LogP contribution in [-0.2, 0) is 9.47 Å². The molecule has 0 aliphatic carbocycles. The van der Waals surface area contributed by atoms with Crippen molar-refractivity contribution < 1.29 is 14.3 Å². The number of hydrogen-bond donors (Lipinski definition) is 2. The van der Waals surface area contributed by atoms with Gasteiger partial charge in [-0.15, -0.1) is 0 Å². The summed E-state index contributed by atoms with van der Waals surface area (Å²) in [7, 11) is 0. The zero-order valence-electron chi connectivity index (χ0n) is 20.2. The largest absolute Gasteiger partial charge is 0.444 e. The first-order valence-corrected chi connectivity index (χ1v) is 11.4. The van der Waals surface area contributed by atoms with Crippen LogP contribution in [0.1, 0.15) is 61.8 Å². The molecule has 0 radical (unpaired) electrons. The summed E-state index contributed by atoms with van der Waals surface area (Å²) in [6, 6.07) is -0.152.